The minimum Gasteiger partial charge on any atom is -0.294 e. The third kappa shape index (κ3) is 1.62. The standard InChI is InChI=1S/C3H3N3O4S2/c7-11(8)12(9,10)3-5-1-4-2-6-3/h1-2H,(H,7,8). The molecular formula is C3H3N3O4S2. The number of nitrogens with zero attached hydrogens (tertiary/aromatic N) is 3. The summed E-state index contributed by atoms with van der Waals surface area (Å²) in [5, 5.41) is -0.710. The van der Waals surface area contributed by atoms with E-state index in [0.717, 1.165) is 12.7 Å². The van der Waals surface area contributed by atoms with Crippen molar-refractivity contribution in [3.8, 4) is 0 Å². The molecule has 0 spiro atoms. The Kier molecular flexibility index (Phi) is 2.45. The number of aromatic nitrogens is 3. The Hall–Kier alpha value is -0.930. The highest BCUT2D eigenvalue weighted by atomic mass is 33.2. The normalized spacial score (nSPS) is 14.1. The molecular weight excluding hydrogens is 206 g/mol. The molecule has 66 valence electrons. The zero-order valence-corrected chi connectivity index (χ0v) is 7.12. The van der Waals surface area contributed by atoms with E-state index in [0.29, 0.717) is 0 Å². The molecule has 7 nitrogen and oxygen atoms in total. The average Bonchev–Trinajstić information content (AvgIpc) is 2.06. The van der Waals surface area contributed by atoms with Crippen molar-refractivity contribution in [2.24, 2.45) is 0 Å². The lowest BCUT2D eigenvalue weighted by Gasteiger charge is -1.93. The number of hydrogen-bond acceptors (Lipinski definition) is 6. The minimum absolute atomic E-state index is 0.710. The minimum atomic E-state index is -4.31. The molecule has 0 saturated carbocycles. The van der Waals surface area contributed by atoms with Crippen LogP contribution in [0.5, 0.6) is 0 Å². The Morgan fingerprint density at radius 2 is 1.83 bits per heavy atom. The van der Waals surface area contributed by atoms with Crippen molar-refractivity contribution in [2.45, 2.75) is 5.16 Å². The first kappa shape index (κ1) is 9.16. The highest BCUT2D eigenvalue weighted by Crippen LogP contribution is 2.04. The first-order valence-electron chi connectivity index (χ1n) is 2.53. The molecule has 1 heterocycles. The molecule has 0 aliphatic carbocycles. The fraction of sp³-hybridized carbons (Fsp3) is 0. The molecule has 0 aromatic carbocycles. The number of hydrogen-bond donors (Lipinski definition) is 1. The van der Waals surface area contributed by atoms with Crippen molar-refractivity contribution in [3.05, 3.63) is 12.7 Å². The molecule has 12 heavy (non-hydrogen) atoms. The third-order valence-electron chi connectivity index (χ3n) is 0.881. The molecule has 0 saturated heterocycles. The van der Waals surface area contributed by atoms with E-state index in [-0.39, 0.29) is 0 Å². The van der Waals surface area contributed by atoms with Gasteiger partial charge < -0.3 is 0 Å². The Morgan fingerprint density at radius 1 is 1.33 bits per heavy atom. The predicted octanol–water partition coefficient (Wildman–Crippen LogP) is -1.22. The molecule has 0 bridgehead atoms. The largest absolute Gasteiger partial charge is 0.317 e. The second-order valence-corrected chi connectivity index (χ2v) is 5.47. The van der Waals surface area contributed by atoms with E-state index in [4.69, 9.17) is 4.55 Å². The van der Waals surface area contributed by atoms with E-state index in [2.05, 4.69) is 15.0 Å². The van der Waals surface area contributed by atoms with Gasteiger partial charge in [-0.2, -0.15) is 0 Å². The summed E-state index contributed by atoms with van der Waals surface area (Å²) in [4.78, 5) is 9.77. The molecule has 0 aliphatic heterocycles. The maximum atomic E-state index is 10.8. The van der Waals surface area contributed by atoms with Gasteiger partial charge in [-0.1, -0.05) is 0 Å². The van der Waals surface area contributed by atoms with Crippen LogP contribution in [0.2, 0.25) is 0 Å². The van der Waals surface area contributed by atoms with Crippen molar-refractivity contribution in [2.75, 3.05) is 0 Å². The second kappa shape index (κ2) is 3.21. The highest BCUT2D eigenvalue weighted by molar-refractivity contribution is 8.61. The van der Waals surface area contributed by atoms with Crippen molar-refractivity contribution in [1.82, 2.24) is 15.0 Å². The summed E-state index contributed by atoms with van der Waals surface area (Å²) >= 11 is 0. The van der Waals surface area contributed by atoms with Crippen LogP contribution >= 0.6 is 0 Å². The van der Waals surface area contributed by atoms with Crippen molar-refractivity contribution < 1.29 is 17.2 Å². The molecule has 1 aromatic rings. The van der Waals surface area contributed by atoms with E-state index in [9.17, 15) is 12.6 Å². The van der Waals surface area contributed by atoms with Crippen LogP contribution < -0.4 is 0 Å². The Labute approximate surface area is 69.5 Å². The second-order valence-electron chi connectivity index (χ2n) is 1.59. The van der Waals surface area contributed by atoms with Crippen LogP contribution in [-0.4, -0.2) is 32.1 Å². The van der Waals surface area contributed by atoms with Crippen LogP contribution in [0.25, 0.3) is 0 Å². The van der Waals surface area contributed by atoms with Crippen LogP contribution in [0, 0.1) is 0 Å². The summed E-state index contributed by atoms with van der Waals surface area (Å²) < 4.78 is 40.2. The van der Waals surface area contributed by atoms with Gasteiger partial charge in [0.25, 0.3) is 15.3 Å². The monoisotopic (exact) mass is 209 g/mol. The zero-order valence-electron chi connectivity index (χ0n) is 5.48. The van der Waals surface area contributed by atoms with Crippen molar-refractivity contribution >= 4 is 19.0 Å². The van der Waals surface area contributed by atoms with Crippen LogP contribution in [0.3, 0.4) is 0 Å². The van der Waals surface area contributed by atoms with Crippen LogP contribution in [0.4, 0.5) is 0 Å². The summed E-state index contributed by atoms with van der Waals surface area (Å²) in [6.07, 6.45) is 1.85. The maximum absolute atomic E-state index is 10.8. The van der Waals surface area contributed by atoms with Crippen LogP contribution in [-0.2, 0) is 19.0 Å². The first-order chi connectivity index (χ1) is 5.55. The van der Waals surface area contributed by atoms with Gasteiger partial charge in [0.15, 0.2) is 0 Å². The molecule has 0 aliphatic rings. The fourth-order valence-corrected chi connectivity index (χ4v) is 1.54. The molecule has 0 radical (unpaired) electrons. The maximum Gasteiger partial charge on any atom is 0.317 e. The van der Waals surface area contributed by atoms with E-state index >= 15 is 0 Å². The lowest BCUT2D eigenvalue weighted by Crippen LogP contribution is -2.11. The first-order valence-corrected chi connectivity index (χ1v) is 5.64. The Balaban J connectivity index is 3.26. The van der Waals surface area contributed by atoms with Crippen LogP contribution in [0.1, 0.15) is 0 Å². The Bertz CT molecular complexity index is 387. The van der Waals surface area contributed by atoms with Gasteiger partial charge in [0.1, 0.15) is 12.7 Å². The SMILES string of the molecule is O=S(O)S(=O)(=O)c1ncncn1. The highest BCUT2D eigenvalue weighted by Gasteiger charge is 2.24. The van der Waals surface area contributed by atoms with E-state index in [1.165, 1.54) is 0 Å². The molecule has 1 N–H and O–H groups in total. The summed E-state index contributed by atoms with van der Waals surface area (Å²) in [6, 6.07) is 0. The summed E-state index contributed by atoms with van der Waals surface area (Å²) in [5.74, 6) is 0. The van der Waals surface area contributed by atoms with Gasteiger partial charge in [-0.3, -0.25) is 4.55 Å². The molecule has 0 amide bonds. The van der Waals surface area contributed by atoms with E-state index in [1.807, 2.05) is 0 Å². The Morgan fingerprint density at radius 3 is 2.25 bits per heavy atom. The summed E-state index contributed by atoms with van der Waals surface area (Å²) in [6.45, 7) is 0. The lowest BCUT2D eigenvalue weighted by molar-refractivity contribution is 0.558. The van der Waals surface area contributed by atoms with Gasteiger partial charge in [-0.25, -0.2) is 27.6 Å². The number of rotatable bonds is 2. The summed E-state index contributed by atoms with van der Waals surface area (Å²) in [5.41, 5.74) is 0. The fourth-order valence-electron chi connectivity index (χ4n) is 0.421. The summed E-state index contributed by atoms with van der Waals surface area (Å²) in [7, 11) is -7.32. The third-order valence-corrected chi connectivity index (χ3v) is 3.49. The molecule has 1 rings (SSSR count). The topological polar surface area (TPSA) is 110 Å². The average molecular weight is 209 g/mol. The predicted molar refractivity (Wildman–Crippen MR) is 37.8 cm³/mol. The van der Waals surface area contributed by atoms with Crippen molar-refractivity contribution in [1.29, 1.82) is 0 Å². The van der Waals surface area contributed by atoms with Crippen molar-refractivity contribution in [3.63, 3.8) is 0 Å². The van der Waals surface area contributed by atoms with E-state index < -0.39 is 24.1 Å². The van der Waals surface area contributed by atoms with Gasteiger partial charge in [0.2, 0.25) is 0 Å². The molecule has 9 heteroatoms. The van der Waals surface area contributed by atoms with Gasteiger partial charge in [-0.05, 0) is 0 Å². The molecule has 0 fully saturated rings. The quantitative estimate of drug-likeness (QED) is 0.480. The van der Waals surface area contributed by atoms with Gasteiger partial charge in [0, 0.05) is 0 Å². The smallest absolute Gasteiger partial charge is 0.294 e. The zero-order chi connectivity index (χ0) is 9.19. The van der Waals surface area contributed by atoms with Gasteiger partial charge in [0.05, 0.1) is 0 Å². The van der Waals surface area contributed by atoms with Crippen LogP contribution in [0.15, 0.2) is 17.8 Å². The molecule has 1 unspecified atom stereocenters. The van der Waals surface area contributed by atoms with E-state index in [1.54, 1.807) is 0 Å². The van der Waals surface area contributed by atoms with Gasteiger partial charge in [-0.15, -0.1) is 0 Å². The van der Waals surface area contributed by atoms with Gasteiger partial charge >= 0.3 is 8.87 Å². The molecule has 1 atom stereocenters. The molecule has 1 aromatic heterocycles. The lowest BCUT2D eigenvalue weighted by atomic mass is 11.1.